The standard InChI is InChI=1S/C29H24N2O2/c32-28(33)29(25-19-11-4-12-20-25)26(23-15-7-2-8-16-23)31(21-22-13-5-1-6-14-22)27(30-29)24-17-9-3-10-18-24/h1-20,26H,21H2,(H,32,33)/p+1/t26-,29?/m1/s1. The van der Waals surface area contributed by atoms with Gasteiger partial charge in [-0.1, -0.05) is 109 Å². The van der Waals surface area contributed by atoms with Crippen LogP contribution in [0.3, 0.4) is 0 Å². The third-order valence-electron chi connectivity index (χ3n) is 6.25. The lowest BCUT2D eigenvalue weighted by molar-refractivity contribution is -0.586. The second kappa shape index (κ2) is 8.75. The summed E-state index contributed by atoms with van der Waals surface area (Å²) in [7, 11) is 0. The molecule has 1 aliphatic rings. The van der Waals surface area contributed by atoms with Crippen LogP contribution in [0.15, 0.2) is 121 Å². The van der Waals surface area contributed by atoms with E-state index in [2.05, 4.69) is 22.0 Å². The van der Waals surface area contributed by atoms with Crippen LogP contribution in [0, 0.1) is 0 Å². The van der Waals surface area contributed by atoms with E-state index in [4.69, 9.17) is 0 Å². The highest BCUT2D eigenvalue weighted by Crippen LogP contribution is 2.43. The summed E-state index contributed by atoms with van der Waals surface area (Å²) in [5, 5.41) is 14.3. The molecule has 1 aliphatic heterocycles. The first-order valence-corrected chi connectivity index (χ1v) is 11.0. The Balaban J connectivity index is 1.79. The predicted octanol–water partition coefficient (Wildman–Crippen LogP) is 4.97. The number of benzene rings is 4. The minimum atomic E-state index is -1.36. The third kappa shape index (κ3) is 3.70. The van der Waals surface area contributed by atoms with Crippen LogP contribution in [-0.2, 0) is 16.9 Å². The summed E-state index contributed by atoms with van der Waals surface area (Å²) in [5.41, 5.74) is 2.37. The van der Waals surface area contributed by atoms with Gasteiger partial charge in [0.05, 0.1) is 5.56 Å². The molecule has 0 bridgehead atoms. The molecule has 4 aromatic rings. The zero-order chi connectivity index (χ0) is 22.7. The van der Waals surface area contributed by atoms with E-state index in [-0.39, 0.29) is 0 Å². The number of nitrogens with zero attached hydrogens (tertiary/aromatic N) is 1. The van der Waals surface area contributed by atoms with E-state index in [9.17, 15) is 9.90 Å². The summed E-state index contributed by atoms with van der Waals surface area (Å²) >= 11 is 0. The number of aliphatic carboxylic acids is 1. The van der Waals surface area contributed by atoms with E-state index in [1.54, 1.807) is 0 Å². The average Bonchev–Trinajstić information content (AvgIpc) is 3.22. The summed E-state index contributed by atoms with van der Waals surface area (Å²) in [4.78, 5) is 13.2. The van der Waals surface area contributed by atoms with E-state index in [1.165, 1.54) is 0 Å². The summed E-state index contributed by atoms with van der Waals surface area (Å²) in [6, 6.07) is 39.1. The summed E-state index contributed by atoms with van der Waals surface area (Å²) in [6.07, 6.45) is 0. The molecule has 1 unspecified atom stereocenters. The molecule has 0 amide bonds. The quantitative estimate of drug-likeness (QED) is 0.422. The summed E-state index contributed by atoms with van der Waals surface area (Å²) in [5.74, 6) is -0.105. The number of hydrogen-bond donors (Lipinski definition) is 2. The van der Waals surface area contributed by atoms with Gasteiger partial charge >= 0.3 is 5.97 Å². The van der Waals surface area contributed by atoms with E-state index >= 15 is 0 Å². The van der Waals surface area contributed by atoms with Gasteiger partial charge in [-0.15, -0.1) is 0 Å². The zero-order valence-electron chi connectivity index (χ0n) is 18.1. The number of nitrogens with one attached hydrogen (secondary N) is 1. The third-order valence-corrected chi connectivity index (χ3v) is 6.25. The Morgan fingerprint density at radius 1 is 0.758 bits per heavy atom. The fourth-order valence-corrected chi connectivity index (χ4v) is 4.76. The highest BCUT2D eigenvalue weighted by Gasteiger charge is 2.62. The number of hydrogen-bond acceptors (Lipinski definition) is 2. The zero-order valence-corrected chi connectivity index (χ0v) is 18.1. The van der Waals surface area contributed by atoms with Crippen LogP contribution in [0.2, 0.25) is 0 Å². The second-order valence-corrected chi connectivity index (χ2v) is 8.25. The Morgan fingerprint density at radius 3 is 1.85 bits per heavy atom. The largest absolute Gasteiger partial charge is 0.477 e. The maximum absolute atomic E-state index is 13.2. The van der Waals surface area contributed by atoms with Crippen LogP contribution in [0.1, 0.15) is 28.3 Å². The molecule has 4 nitrogen and oxygen atoms in total. The van der Waals surface area contributed by atoms with Crippen molar-refractivity contribution in [2.24, 2.45) is 0 Å². The summed E-state index contributed by atoms with van der Waals surface area (Å²) in [6.45, 7) is 0.569. The molecule has 162 valence electrons. The van der Waals surface area contributed by atoms with E-state index < -0.39 is 17.6 Å². The smallest absolute Gasteiger partial charge is 0.361 e. The number of carbonyl (C=O) groups is 1. The van der Waals surface area contributed by atoms with Gasteiger partial charge in [-0.25, -0.2) is 9.37 Å². The maximum Gasteiger partial charge on any atom is 0.361 e. The lowest BCUT2D eigenvalue weighted by atomic mass is 9.79. The van der Waals surface area contributed by atoms with Gasteiger partial charge in [-0.2, -0.15) is 0 Å². The van der Waals surface area contributed by atoms with Gasteiger partial charge in [0, 0.05) is 11.1 Å². The second-order valence-electron chi connectivity index (χ2n) is 8.25. The van der Waals surface area contributed by atoms with Crippen LogP contribution in [0.25, 0.3) is 0 Å². The monoisotopic (exact) mass is 433 g/mol. The maximum atomic E-state index is 13.2. The van der Waals surface area contributed by atoms with Crippen molar-refractivity contribution in [1.29, 1.82) is 0 Å². The van der Waals surface area contributed by atoms with Crippen molar-refractivity contribution in [3.05, 3.63) is 144 Å². The van der Waals surface area contributed by atoms with Gasteiger partial charge in [0.1, 0.15) is 6.54 Å². The number of rotatable bonds is 6. The van der Waals surface area contributed by atoms with Crippen molar-refractivity contribution < 1.29 is 14.5 Å². The first kappa shape index (κ1) is 20.7. The summed E-state index contributed by atoms with van der Waals surface area (Å²) < 4.78 is 2.20. The molecule has 0 aromatic heterocycles. The fraction of sp³-hybridized carbons (Fsp3) is 0.103. The number of carboxylic acid groups (broad SMARTS) is 1. The minimum Gasteiger partial charge on any atom is -0.477 e. The normalized spacial score (nSPS) is 19.8. The van der Waals surface area contributed by atoms with Crippen molar-refractivity contribution in [3.63, 3.8) is 0 Å². The number of amidine groups is 1. The Labute approximate surface area is 193 Å². The van der Waals surface area contributed by atoms with Gasteiger partial charge in [0.2, 0.25) is 0 Å². The lowest BCUT2D eigenvalue weighted by Crippen LogP contribution is -2.51. The first-order chi connectivity index (χ1) is 16.2. The molecule has 0 fully saturated rings. The van der Waals surface area contributed by atoms with Gasteiger partial charge in [-0.3, -0.25) is 5.32 Å². The molecule has 0 saturated heterocycles. The van der Waals surface area contributed by atoms with E-state index in [1.807, 2.05) is 109 Å². The topological polar surface area (TPSA) is 52.3 Å². The van der Waals surface area contributed by atoms with Crippen molar-refractivity contribution >= 4 is 11.8 Å². The van der Waals surface area contributed by atoms with Crippen molar-refractivity contribution in [3.8, 4) is 0 Å². The average molecular weight is 434 g/mol. The van der Waals surface area contributed by atoms with Crippen LogP contribution >= 0.6 is 0 Å². The van der Waals surface area contributed by atoms with Crippen LogP contribution in [0.5, 0.6) is 0 Å². The molecular weight excluding hydrogens is 408 g/mol. The van der Waals surface area contributed by atoms with Gasteiger partial charge in [0.25, 0.3) is 11.4 Å². The molecule has 2 atom stereocenters. The number of carboxylic acids is 1. The van der Waals surface area contributed by atoms with E-state index in [0.717, 1.165) is 28.1 Å². The molecule has 0 saturated carbocycles. The van der Waals surface area contributed by atoms with Gasteiger partial charge < -0.3 is 5.11 Å². The molecule has 0 spiro atoms. The Kier molecular flexibility index (Phi) is 5.49. The van der Waals surface area contributed by atoms with Crippen molar-refractivity contribution in [2.45, 2.75) is 18.1 Å². The van der Waals surface area contributed by atoms with Crippen molar-refractivity contribution in [2.75, 3.05) is 0 Å². The lowest BCUT2D eigenvalue weighted by Gasteiger charge is -2.28. The van der Waals surface area contributed by atoms with Crippen LogP contribution in [0.4, 0.5) is 0 Å². The molecule has 4 aromatic carbocycles. The molecular formula is C29H25N2O2+. The van der Waals surface area contributed by atoms with Crippen LogP contribution < -0.4 is 5.32 Å². The molecule has 33 heavy (non-hydrogen) atoms. The molecule has 1 heterocycles. The molecule has 5 rings (SSSR count). The first-order valence-electron chi connectivity index (χ1n) is 11.0. The fourth-order valence-electron chi connectivity index (χ4n) is 4.76. The molecule has 0 radical (unpaired) electrons. The Morgan fingerprint density at radius 2 is 1.27 bits per heavy atom. The van der Waals surface area contributed by atoms with Crippen molar-refractivity contribution in [1.82, 2.24) is 5.32 Å². The minimum absolute atomic E-state index is 0.464. The SMILES string of the molecule is O=C(O)C1(c2ccccc2)NC(c2ccccc2)=[N+](Cc2ccccc2)[C@@H]1c1ccccc1. The highest BCUT2D eigenvalue weighted by molar-refractivity contribution is 6.01. The van der Waals surface area contributed by atoms with Gasteiger partial charge in [0.15, 0.2) is 6.04 Å². The molecule has 2 N–H and O–H groups in total. The predicted molar refractivity (Wildman–Crippen MR) is 129 cm³/mol. The Hall–Kier alpha value is -4.18. The highest BCUT2D eigenvalue weighted by atomic mass is 16.4. The van der Waals surface area contributed by atoms with Crippen LogP contribution in [-0.4, -0.2) is 21.5 Å². The molecule has 4 heteroatoms. The Bertz CT molecular complexity index is 1270. The van der Waals surface area contributed by atoms with Gasteiger partial charge in [-0.05, 0) is 17.7 Å². The van der Waals surface area contributed by atoms with E-state index in [0.29, 0.717) is 6.54 Å². The molecule has 0 aliphatic carbocycles.